The molecule has 4 N–H and O–H groups in total. The highest BCUT2D eigenvalue weighted by molar-refractivity contribution is 5.87. The molecule has 0 aliphatic carbocycles. The van der Waals surface area contributed by atoms with Crippen LogP contribution in [0.25, 0.3) is 11.5 Å². The standard InChI is InChI=1S/C19H15N7O/c20-11-14-15(12-7-3-1-4-8-12)16(26-19(22)23-24-25-26)17(27-18(14)21)13-9-5-2-6-10-13/h1-10,15H,21H2,(H2,22,23,25). The molecular weight excluding hydrogens is 342 g/mol. The Labute approximate surface area is 155 Å². The second-order valence-electron chi connectivity index (χ2n) is 5.86. The Morgan fingerprint density at radius 3 is 2.26 bits per heavy atom. The molecule has 0 spiro atoms. The fourth-order valence-electron chi connectivity index (χ4n) is 3.10. The molecule has 2 heterocycles. The maximum atomic E-state index is 9.75. The lowest BCUT2D eigenvalue weighted by molar-refractivity contribution is 0.360. The topological polar surface area (TPSA) is 129 Å². The molecule has 0 amide bonds. The van der Waals surface area contributed by atoms with Crippen LogP contribution in [0.4, 0.5) is 5.95 Å². The predicted octanol–water partition coefficient (Wildman–Crippen LogP) is 2.09. The van der Waals surface area contributed by atoms with Crippen LogP contribution in [-0.4, -0.2) is 20.2 Å². The number of nitrogens with zero attached hydrogens (tertiary/aromatic N) is 5. The zero-order valence-electron chi connectivity index (χ0n) is 14.1. The van der Waals surface area contributed by atoms with Gasteiger partial charge in [0.25, 0.3) is 0 Å². The van der Waals surface area contributed by atoms with Crippen molar-refractivity contribution in [3.05, 3.63) is 83.2 Å². The summed E-state index contributed by atoms with van der Waals surface area (Å²) in [6.07, 6.45) is 0. The van der Waals surface area contributed by atoms with E-state index in [0.29, 0.717) is 11.5 Å². The Balaban J connectivity index is 2.04. The molecule has 0 saturated carbocycles. The summed E-state index contributed by atoms with van der Waals surface area (Å²) >= 11 is 0. The normalized spacial score (nSPS) is 16.8. The van der Waals surface area contributed by atoms with Gasteiger partial charge in [0.15, 0.2) is 5.76 Å². The van der Waals surface area contributed by atoms with E-state index in [0.717, 1.165) is 11.1 Å². The highest BCUT2D eigenvalue weighted by Crippen LogP contribution is 2.44. The van der Waals surface area contributed by atoms with Gasteiger partial charge in [-0.3, -0.25) is 0 Å². The zero-order valence-corrected chi connectivity index (χ0v) is 14.1. The van der Waals surface area contributed by atoms with Crippen LogP contribution >= 0.6 is 0 Å². The van der Waals surface area contributed by atoms with Crippen molar-refractivity contribution in [2.24, 2.45) is 5.73 Å². The first-order valence-electron chi connectivity index (χ1n) is 8.17. The largest absolute Gasteiger partial charge is 0.438 e. The van der Waals surface area contributed by atoms with Gasteiger partial charge in [0.05, 0.1) is 5.92 Å². The minimum atomic E-state index is -0.536. The van der Waals surface area contributed by atoms with Gasteiger partial charge >= 0.3 is 0 Å². The van der Waals surface area contributed by atoms with E-state index in [1.165, 1.54) is 4.68 Å². The van der Waals surface area contributed by atoms with Crippen molar-refractivity contribution in [1.29, 1.82) is 5.26 Å². The average Bonchev–Trinajstić information content (AvgIpc) is 3.14. The molecule has 8 heteroatoms. The van der Waals surface area contributed by atoms with E-state index in [1.54, 1.807) is 0 Å². The van der Waals surface area contributed by atoms with E-state index in [9.17, 15) is 5.26 Å². The number of tetrazole rings is 1. The second kappa shape index (κ2) is 6.65. The van der Waals surface area contributed by atoms with Crippen molar-refractivity contribution in [3.63, 3.8) is 0 Å². The van der Waals surface area contributed by atoms with Gasteiger partial charge in [-0.1, -0.05) is 65.8 Å². The molecule has 0 fully saturated rings. The molecule has 1 unspecified atom stereocenters. The molecule has 0 saturated heterocycles. The predicted molar refractivity (Wildman–Crippen MR) is 98.9 cm³/mol. The van der Waals surface area contributed by atoms with Crippen molar-refractivity contribution < 1.29 is 4.74 Å². The van der Waals surface area contributed by atoms with E-state index in [2.05, 4.69) is 21.6 Å². The number of allylic oxidation sites excluding steroid dienone is 2. The Kier molecular flexibility index (Phi) is 4.03. The van der Waals surface area contributed by atoms with E-state index in [-0.39, 0.29) is 17.4 Å². The van der Waals surface area contributed by atoms with Gasteiger partial charge in [0.1, 0.15) is 17.3 Å². The monoisotopic (exact) mass is 357 g/mol. The zero-order chi connectivity index (χ0) is 18.8. The van der Waals surface area contributed by atoms with Gasteiger partial charge in [-0.15, -0.1) is 0 Å². The first-order valence-corrected chi connectivity index (χ1v) is 8.17. The fraction of sp³-hybridized carbons (Fsp3) is 0.0526. The van der Waals surface area contributed by atoms with E-state index < -0.39 is 5.92 Å². The Bertz CT molecular complexity index is 1080. The summed E-state index contributed by atoms with van der Waals surface area (Å²) in [7, 11) is 0. The highest BCUT2D eigenvalue weighted by atomic mass is 16.5. The van der Waals surface area contributed by atoms with Gasteiger partial charge in [-0.2, -0.15) is 9.94 Å². The van der Waals surface area contributed by atoms with Crippen molar-refractivity contribution in [2.75, 3.05) is 5.73 Å². The molecular formula is C19H15N7O. The van der Waals surface area contributed by atoms with Gasteiger partial charge in [-0.25, -0.2) is 0 Å². The van der Waals surface area contributed by atoms with Crippen LogP contribution in [-0.2, 0) is 4.74 Å². The minimum Gasteiger partial charge on any atom is -0.438 e. The lowest BCUT2D eigenvalue weighted by Gasteiger charge is -2.29. The maximum absolute atomic E-state index is 9.75. The van der Waals surface area contributed by atoms with Crippen molar-refractivity contribution in [3.8, 4) is 6.07 Å². The molecule has 0 radical (unpaired) electrons. The number of hydrogen-bond acceptors (Lipinski definition) is 7. The van der Waals surface area contributed by atoms with Crippen LogP contribution in [0.3, 0.4) is 0 Å². The fourth-order valence-corrected chi connectivity index (χ4v) is 3.10. The number of nitriles is 1. The van der Waals surface area contributed by atoms with Gasteiger partial charge in [0, 0.05) is 5.56 Å². The Morgan fingerprint density at radius 2 is 1.67 bits per heavy atom. The molecule has 0 bridgehead atoms. The number of nitrogens with two attached hydrogens (primary N) is 2. The molecule has 4 rings (SSSR count). The molecule has 1 aliphatic rings. The third-order valence-corrected chi connectivity index (χ3v) is 4.28. The maximum Gasteiger partial charge on any atom is 0.244 e. The molecule has 1 aliphatic heterocycles. The first kappa shape index (κ1) is 16.4. The highest BCUT2D eigenvalue weighted by Gasteiger charge is 2.36. The van der Waals surface area contributed by atoms with Crippen LogP contribution in [0.15, 0.2) is 72.1 Å². The third-order valence-electron chi connectivity index (χ3n) is 4.28. The third kappa shape index (κ3) is 2.77. The summed E-state index contributed by atoms with van der Waals surface area (Å²) in [6, 6.07) is 21.1. The minimum absolute atomic E-state index is 0.0422. The molecule has 1 aromatic heterocycles. The SMILES string of the molecule is N#CC1=C(N)OC(c2ccccc2)=C(n2nnnc2N)C1c1ccccc1. The lowest BCUT2D eigenvalue weighted by Crippen LogP contribution is -2.24. The number of hydrogen-bond donors (Lipinski definition) is 2. The average molecular weight is 357 g/mol. The number of ether oxygens (including phenoxy) is 1. The summed E-state index contributed by atoms with van der Waals surface area (Å²) in [4.78, 5) is 0. The summed E-state index contributed by atoms with van der Waals surface area (Å²) < 4.78 is 7.24. The van der Waals surface area contributed by atoms with E-state index in [4.69, 9.17) is 16.2 Å². The van der Waals surface area contributed by atoms with Crippen molar-refractivity contribution in [2.45, 2.75) is 5.92 Å². The van der Waals surface area contributed by atoms with Crippen LogP contribution in [0, 0.1) is 11.3 Å². The summed E-state index contributed by atoms with van der Waals surface area (Å²) in [5.41, 5.74) is 14.5. The second-order valence-corrected chi connectivity index (χ2v) is 5.86. The number of nitrogen functional groups attached to an aromatic ring is 1. The van der Waals surface area contributed by atoms with Crippen molar-refractivity contribution in [1.82, 2.24) is 20.2 Å². The molecule has 132 valence electrons. The number of rotatable bonds is 3. The van der Waals surface area contributed by atoms with Gasteiger partial charge in [-0.05, 0) is 16.0 Å². The molecule has 27 heavy (non-hydrogen) atoms. The van der Waals surface area contributed by atoms with Crippen LogP contribution in [0.5, 0.6) is 0 Å². The van der Waals surface area contributed by atoms with E-state index in [1.807, 2.05) is 60.7 Å². The number of benzene rings is 2. The molecule has 2 aromatic carbocycles. The van der Waals surface area contributed by atoms with Gasteiger partial charge < -0.3 is 16.2 Å². The van der Waals surface area contributed by atoms with E-state index >= 15 is 0 Å². The van der Waals surface area contributed by atoms with Crippen molar-refractivity contribution >= 4 is 17.4 Å². The molecule has 3 aromatic rings. The van der Waals surface area contributed by atoms with Crippen LogP contribution < -0.4 is 11.5 Å². The van der Waals surface area contributed by atoms with Gasteiger partial charge in [0.2, 0.25) is 11.8 Å². The summed E-state index contributed by atoms with van der Waals surface area (Å²) in [5.74, 6) is 0.0345. The number of anilines is 1. The smallest absolute Gasteiger partial charge is 0.244 e. The molecule has 1 atom stereocenters. The number of aromatic nitrogens is 4. The Morgan fingerprint density at radius 1 is 1.00 bits per heavy atom. The quantitative estimate of drug-likeness (QED) is 0.734. The van der Waals surface area contributed by atoms with Crippen LogP contribution in [0.1, 0.15) is 17.0 Å². The van der Waals surface area contributed by atoms with Crippen LogP contribution in [0.2, 0.25) is 0 Å². The lowest BCUT2D eigenvalue weighted by atomic mass is 9.86. The Hall–Kier alpha value is -4.12. The summed E-state index contributed by atoms with van der Waals surface area (Å²) in [6.45, 7) is 0. The molecule has 8 nitrogen and oxygen atoms in total. The first-order chi connectivity index (χ1) is 13.2. The summed E-state index contributed by atoms with van der Waals surface area (Å²) in [5, 5.41) is 21.2.